The maximum Gasteiger partial charge on any atom is 0.522 e. The summed E-state index contributed by atoms with van der Waals surface area (Å²) in [5, 5.41) is 0. The van der Waals surface area contributed by atoms with Crippen molar-refractivity contribution in [3.05, 3.63) is 29.6 Å². The maximum atomic E-state index is 13.6. The molecule has 0 amide bonds. The van der Waals surface area contributed by atoms with Gasteiger partial charge in [-0.1, -0.05) is 0 Å². The van der Waals surface area contributed by atoms with Crippen molar-refractivity contribution in [1.29, 1.82) is 0 Å². The molecule has 132 valence electrons. The van der Waals surface area contributed by atoms with E-state index >= 15 is 0 Å². The number of benzene rings is 1. The van der Waals surface area contributed by atoms with Gasteiger partial charge in [0, 0.05) is 6.07 Å². The van der Waals surface area contributed by atoms with Gasteiger partial charge in [0.15, 0.2) is 11.5 Å². The van der Waals surface area contributed by atoms with Crippen molar-refractivity contribution in [3.63, 3.8) is 0 Å². The quantitative estimate of drug-likeness (QED) is 0.287. The second-order valence-corrected chi connectivity index (χ2v) is 6.50. The zero-order valence-electron chi connectivity index (χ0n) is 12.7. The molecule has 0 aliphatic carbocycles. The van der Waals surface area contributed by atoms with Crippen molar-refractivity contribution in [2.24, 2.45) is 0 Å². The van der Waals surface area contributed by atoms with Crippen molar-refractivity contribution >= 4 is 21.8 Å². The molecular weight excluding hydrogens is 346 g/mol. The van der Waals surface area contributed by atoms with E-state index in [2.05, 4.69) is 4.74 Å². The topological polar surface area (TPSA) is 80.7 Å². The number of methoxy groups -OCH3 is 1. The number of halogens is 4. The van der Waals surface area contributed by atoms with Crippen LogP contribution >= 0.6 is 0 Å². The number of carbonyl (C=O) groups is 1. The number of esters is 1. The highest BCUT2D eigenvalue weighted by Crippen LogP contribution is 2.22. The Morgan fingerprint density at radius 2 is 1.65 bits per heavy atom. The van der Waals surface area contributed by atoms with Crippen molar-refractivity contribution in [1.82, 2.24) is 4.48 Å². The first-order valence-electron chi connectivity index (χ1n) is 5.85. The van der Waals surface area contributed by atoms with Gasteiger partial charge in [0.25, 0.3) is 0 Å². The van der Waals surface area contributed by atoms with Crippen molar-refractivity contribution in [3.8, 4) is 0 Å². The van der Waals surface area contributed by atoms with E-state index in [9.17, 15) is 22.4 Å². The predicted molar refractivity (Wildman–Crippen MR) is 74.9 cm³/mol. The van der Waals surface area contributed by atoms with Gasteiger partial charge in [-0.3, -0.25) is 9.04 Å². The van der Waals surface area contributed by atoms with Crippen LogP contribution in [0.5, 0.6) is 0 Å². The Labute approximate surface area is 130 Å². The predicted octanol–water partition coefficient (Wildman–Crippen LogP) is 2.20. The molecule has 1 aromatic carbocycles. The Kier molecular flexibility index (Phi) is 6.69. The molecule has 23 heavy (non-hydrogen) atoms. The Morgan fingerprint density at radius 3 is 1.91 bits per heavy atom. The standard InChI is InChI=1S/C11H15FNO2.CHF3O3S/c1-13(2,3)10-6-5-8(7-9(10)12)11(14)15-4;2-1(3,4)8(5,6)7/h5-7H,1-4H3;(H,5,6,7)/q+1;. The molecule has 0 bridgehead atoms. The van der Waals surface area contributed by atoms with Crippen LogP contribution in [0.1, 0.15) is 10.4 Å². The first-order valence-corrected chi connectivity index (χ1v) is 7.29. The molecule has 0 unspecified atom stereocenters. The fraction of sp³-hybridized carbons (Fsp3) is 0.417. The van der Waals surface area contributed by atoms with E-state index in [-0.39, 0.29) is 5.56 Å². The summed E-state index contributed by atoms with van der Waals surface area (Å²) < 4.78 is 76.0. The fourth-order valence-electron chi connectivity index (χ4n) is 1.30. The van der Waals surface area contributed by atoms with Crippen LogP contribution < -0.4 is 4.48 Å². The summed E-state index contributed by atoms with van der Waals surface area (Å²) in [7, 11) is 1.00. The van der Waals surface area contributed by atoms with E-state index in [1.807, 2.05) is 21.1 Å². The van der Waals surface area contributed by atoms with Crippen LogP contribution in [0.2, 0.25) is 0 Å². The van der Waals surface area contributed by atoms with Crippen LogP contribution in [0.15, 0.2) is 18.2 Å². The van der Waals surface area contributed by atoms with Crippen LogP contribution in [0, 0.1) is 5.82 Å². The molecule has 6 nitrogen and oxygen atoms in total. The van der Waals surface area contributed by atoms with Gasteiger partial charge in [0.1, 0.15) is 0 Å². The minimum Gasteiger partial charge on any atom is -0.465 e. The first-order chi connectivity index (χ1) is 10.1. The SMILES string of the molecule is COC(=O)c1ccc([N+](C)(C)C)c(F)c1.O=S(=O)(O)C(F)(F)F. The third-order valence-corrected chi connectivity index (χ3v) is 2.97. The lowest BCUT2D eigenvalue weighted by atomic mass is 10.2. The average Bonchev–Trinajstić information content (AvgIpc) is 2.34. The fourth-order valence-corrected chi connectivity index (χ4v) is 1.30. The van der Waals surface area contributed by atoms with E-state index in [0.29, 0.717) is 10.2 Å². The lowest BCUT2D eigenvalue weighted by Crippen LogP contribution is -2.35. The van der Waals surface area contributed by atoms with Gasteiger partial charge in [0.2, 0.25) is 0 Å². The van der Waals surface area contributed by atoms with Crippen molar-refractivity contribution < 1.29 is 40.1 Å². The molecule has 1 aromatic rings. The zero-order chi connectivity index (χ0) is 18.6. The minimum absolute atomic E-state index is 0.229. The Hall–Kier alpha value is -1.72. The monoisotopic (exact) mass is 362 g/mol. The van der Waals surface area contributed by atoms with Crippen molar-refractivity contribution in [2.75, 3.05) is 28.3 Å². The van der Waals surface area contributed by atoms with E-state index in [0.717, 1.165) is 0 Å². The van der Waals surface area contributed by atoms with Crippen LogP contribution in [-0.2, 0) is 14.9 Å². The van der Waals surface area contributed by atoms with Crippen LogP contribution in [0.25, 0.3) is 0 Å². The number of hydrogen-bond donors (Lipinski definition) is 1. The Morgan fingerprint density at radius 1 is 1.22 bits per heavy atom. The number of quaternary nitrogens is 1. The second-order valence-electron chi connectivity index (χ2n) is 5.09. The second kappa shape index (κ2) is 7.23. The van der Waals surface area contributed by atoms with Gasteiger partial charge in [-0.15, -0.1) is 0 Å². The van der Waals surface area contributed by atoms with E-state index in [1.165, 1.54) is 13.2 Å². The molecule has 0 saturated carbocycles. The highest BCUT2D eigenvalue weighted by Gasteiger charge is 2.44. The molecule has 0 aromatic heterocycles. The molecule has 1 rings (SSSR count). The third kappa shape index (κ3) is 6.50. The molecule has 0 aliphatic rings. The molecule has 0 heterocycles. The van der Waals surface area contributed by atoms with Gasteiger partial charge in [0.05, 0.1) is 33.8 Å². The molecule has 0 saturated heterocycles. The van der Waals surface area contributed by atoms with E-state index in [4.69, 9.17) is 13.0 Å². The third-order valence-electron chi connectivity index (χ3n) is 2.38. The molecule has 0 radical (unpaired) electrons. The lowest BCUT2D eigenvalue weighted by Gasteiger charge is -2.23. The van der Waals surface area contributed by atoms with Crippen molar-refractivity contribution in [2.45, 2.75) is 5.51 Å². The zero-order valence-corrected chi connectivity index (χ0v) is 13.5. The van der Waals surface area contributed by atoms with Gasteiger partial charge < -0.3 is 4.74 Å². The number of ether oxygens (including phenoxy) is 1. The summed E-state index contributed by atoms with van der Waals surface area (Å²) in [4.78, 5) is 11.1. The number of nitrogens with zero attached hydrogens (tertiary/aromatic N) is 1. The first kappa shape index (κ1) is 21.3. The van der Waals surface area contributed by atoms with Gasteiger partial charge in [-0.25, -0.2) is 9.18 Å². The average molecular weight is 362 g/mol. The summed E-state index contributed by atoms with van der Waals surface area (Å²) in [6.45, 7) is 0. The summed E-state index contributed by atoms with van der Waals surface area (Å²) in [6.07, 6.45) is 0. The van der Waals surface area contributed by atoms with E-state index < -0.39 is 27.4 Å². The van der Waals surface area contributed by atoms with Gasteiger partial charge >= 0.3 is 21.6 Å². The summed E-state index contributed by atoms with van der Waals surface area (Å²) >= 11 is 0. The highest BCUT2D eigenvalue weighted by atomic mass is 32.2. The largest absolute Gasteiger partial charge is 0.522 e. The normalized spacial score (nSPS) is 12.2. The summed E-state index contributed by atoms with van der Waals surface area (Å²) in [5.74, 6) is -0.924. The number of carbonyl (C=O) groups excluding carboxylic acids is 1. The molecule has 11 heteroatoms. The lowest BCUT2D eigenvalue weighted by molar-refractivity contribution is -0.0510. The number of hydrogen-bond acceptors (Lipinski definition) is 4. The molecular formula is C12H16F4NO5S+. The molecule has 0 aliphatic heterocycles. The molecule has 0 fully saturated rings. The molecule has 0 atom stereocenters. The highest BCUT2D eigenvalue weighted by molar-refractivity contribution is 7.86. The van der Waals surface area contributed by atoms with Crippen LogP contribution in [-0.4, -0.2) is 52.7 Å². The van der Waals surface area contributed by atoms with Gasteiger partial charge in [-0.05, 0) is 12.1 Å². The number of rotatable bonds is 2. The molecule has 1 N–H and O–H groups in total. The summed E-state index contributed by atoms with van der Waals surface area (Å²) in [5.41, 5.74) is -4.78. The van der Waals surface area contributed by atoms with Gasteiger partial charge in [-0.2, -0.15) is 21.6 Å². The Bertz CT molecular complexity index is 665. The summed E-state index contributed by atoms with van der Waals surface area (Å²) in [6, 6.07) is 4.36. The minimum atomic E-state index is -5.84. The van der Waals surface area contributed by atoms with Crippen LogP contribution in [0.3, 0.4) is 0 Å². The van der Waals surface area contributed by atoms with E-state index in [1.54, 1.807) is 12.1 Å². The molecule has 0 spiro atoms. The smallest absolute Gasteiger partial charge is 0.465 e. The Balaban J connectivity index is 0.000000515. The van der Waals surface area contributed by atoms with Crippen LogP contribution in [0.4, 0.5) is 23.2 Å². The number of alkyl halides is 3. The maximum absolute atomic E-state index is 13.6.